The van der Waals surface area contributed by atoms with E-state index in [4.69, 9.17) is 4.42 Å². The average molecular weight is 368 g/mol. The maximum Gasteiger partial charge on any atom is 0.264 e. The molecule has 0 bridgehead atoms. The van der Waals surface area contributed by atoms with Crippen LogP contribution >= 0.6 is 15.9 Å². The Kier molecular flexibility index (Phi) is 3.50. The van der Waals surface area contributed by atoms with E-state index in [2.05, 4.69) is 73.2 Å². The van der Waals surface area contributed by atoms with Crippen molar-refractivity contribution in [1.29, 1.82) is 0 Å². The molecule has 0 spiro atoms. The SMILES string of the molecule is Cc1nnc(-c2cc3ccccc3n2Cc2ccc(Br)cc2)o1. The molecule has 0 amide bonds. The normalized spacial score (nSPS) is 11.2. The van der Waals surface area contributed by atoms with Gasteiger partial charge in [-0.2, -0.15) is 0 Å². The number of para-hydroxylation sites is 1. The van der Waals surface area contributed by atoms with Crippen LogP contribution in [0.15, 0.2) is 63.5 Å². The molecule has 4 aromatic rings. The zero-order chi connectivity index (χ0) is 15.8. The summed E-state index contributed by atoms with van der Waals surface area (Å²) in [6.45, 7) is 2.55. The Morgan fingerprint density at radius 2 is 1.83 bits per heavy atom. The molecular formula is C18H14BrN3O. The second-order valence-corrected chi connectivity index (χ2v) is 6.34. The Morgan fingerprint density at radius 3 is 2.57 bits per heavy atom. The van der Waals surface area contributed by atoms with Gasteiger partial charge in [0.25, 0.3) is 5.89 Å². The molecule has 0 atom stereocenters. The van der Waals surface area contributed by atoms with E-state index in [1.54, 1.807) is 6.92 Å². The van der Waals surface area contributed by atoms with E-state index in [9.17, 15) is 0 Å². The molecule has 0 unspecified atom stereocenters. The molecule has 4 rings (SSSR count). The predicted octanol–water partition coefficient (Wildman–Crippen LogP) is 4.81. The lowest BCUT2D eigenvalue weighted by molar-refractivity contribution is 0.528. The van der Waals surface area contributed by atoms with Gasteiger partial charge in [0, 0.05) is 28.8 Å². The predicted molar refractivity (Wildman–Crippen MR) is 93.2 cm³/mol. The van der Waals surface area contributed by atoms with Crippen LogP contribution in [0.4, 0.5) is 0 Å². The first-order valence-corrected chi connectivity index (χ1v) is 8.13. The minimum absolute atomic E-state index is 0.552. The van der Waals surface area contributed by atoms with Crippen LogP contribution in [0.2, 0.25) is 0 Å². The number of hydrogen-bond acceptors (Lipinski definition) is 3. The van der Waals surface area contributed by atoms with Crippen LogP contribution in [0, 0.1) is 6.92 Å². The van der Waals surface area contributed by atoms with Gasteiger partial charge in [-0.3, -0.25) is 0 Å². The van der Waals surface area contributed by atoms with Gasteiger partial charge in [-0.15, -0.1) is 10.2 Å². The van der Waals surface area contributed by atoms with Crippen molar-refractivity contribution < 1.29 is 4.42 Å². The number of aromatic nitrogens is 3. The highest BCUT2D eigenvalue weighted by Gasteiger charge is 2.15. The van der Waals surface area contributed by atoms with Crippen molar-refractivity contribution in [2.24, 2.45) is 0 Å². The molecule has 0 aliphatic carbocycles. The number of rotatable bonds is 3. The first kappa shape index (κ1) is 14.2. The monoisotopic (exact) mass is 367 g/mol. The average Bonchev–Trinajstić information content (AvgIpc) is 3.14. The molecule has 0 saturated heterocycles. The Labute approximate surface area is 141 Å². The van der Waals surface area contributed by atoms with Gasteiger partial charge in [0.1, 0.15) is 5.69 Å². The largest absolute Gasteiger partial charge is 0.420 e. The molecule has 0 aliphatic rings. The summed E-state index contributed by atoms with van der Waals surface area (Å²) in [6, 6.07) is 18.7. The Bertz CT molecular complexity index is 970. The van der Waals surface area contributed by atoms with E-state index in [1.807, 2.05) is 12.1 Å². The molecule has 4 nitrogen and oxygen atoms in total. The lowest BCUT2D eigenvalue weighted by Gasteiger charge is -2.09. The Morgan fingerprint density at radius 1 is 1.04 bits per heavy atom. The van der Waals surface area contributed by atoms with Gasteiger partial charge in [-0.25, -0.2) is 0 Å². The second kappa shape index (κ2) is 5.66. The van der Waals surface area contributed by atoms with Crippen LogP contribution in [-0.4, -0.2) is 14.8 Å². The first-order chi connectivity index (χ1) is 11.2. The third-order valence-corrected chi connectivity index (χ3v) is 4.34. The zero-order valence-electron chi connectivity index (χ0n) is 12.5. The quantitative estimate of drug-likeness (QED) is 0.521. The maximum absolute atomic E-state index is 5.65. The van der Waals surface area contributed by atoms with Crippen molar-refractivity contribution in [1.82, 2.24) is 14.8 Å². The topological polar surface area (TPSA) is 43.9 Å². The van der Waals surface area contributed by atoms with Gasteiger partial charge in [0.2, 0.25) is 5.89 Å². The van der Waals surface area contributed by atoms with Gasteiger partial charge in [-0.1, -0.05) is 46.3 Å². The number of fused-ring (bicyclic) bond motifs is 1. The van der Waals surface area contributed by atoms with Gasteiger partial charge in [0.05, 0.1) is 0 Å². The lowest BCUT2D eigenvalue weighted by Crippen LogP contribution is -2.01. The third-order valence-electron chi connectivity index (χ3n) is 3.81. The third kappa shape index (κ3) is 2.68. The highest BCUT2D eigenvalue weighted by Crippen LogP contribution is 2.28. The molecule has 0 saturated carbocycles. The molecular weight excluding hydrogens is 354 g/mol. The summed E-state index contributed by atoms with van der Waals surface area (Å²) in [5.41, 5.74) is 3.31. The summed E-state index contributed by atoms with van der Waals surface area (Å²) in [7, 11) is 0. The molecule has 0 aliphatic heterocycles. The summed E-state index contributed by atoms with van der Waals surface area (Å²) >= 11 is 3.48. The van der Waals surface area contributed by atoms with Crippen LogP contribution < -0.4 is 0 Å². The van der Waals surface area contributed by atoms with Crippen molar-refractivity contribution in [2.45, 2.75) is 13.5 Å². The fraction of sp³-hybridized carbons (Fsp3) is 0.111. The molecule has 2 aromatic carbocycles. The van der Waals surface area contributed by atoms with Crippen LogP contribution in [0.5, 0.6) is 0 Å². The summed E-state index contributed by atoms with van der Waals surface area (Å²) in [4.78, 5) is 0. The van der Waals surface area contributed by atoms with Crippen LogP contribution in [0.1, 0.15) is 11.5 Å². The van der Waals surface area contributed by atoms with E-state index in [1.165, 1.54) is 5.56 Å². The van der Waals surface area contributed by atoms with E-state index < -0.39 is 0 Å². The van der Waals surface area contributed by atoms with Crippen molar-refractivity contribution >= 4 is 26.8 Å². The van der Waals surface area contributed by atoms with E-state index in [0.717, 1.165) is 27.6 Å². The standard InChI is InChI=1S/C18H14BrN3O/c1-12-20-21-18(23-12)17-10-14-4-2-3-5-16(14)22(17)11-13-6-8-15(19)9-7-13/h2-10H,11H2,1H3. The zero-order valence-corrected chi connectivity index (χ0v) is 14.1. The lowest BCUT2D eigenvalue weighted by atomic mass is 10.2. The van der Waals surface area contributed by atoms with Crippen molar-refractivity contribution in [3.63, 3.8) is 0 Å². The molecule has 0 fully saturated rings. The molecule has 0 radical (unpaired) electrons. The first-order valence-electron chi connectivity index (χ1n) is 7.34. The van der Waals surface area contributed by atoms with Gasteiger partial charge in [-0.05, 0) is 29.8 Å². The number of benzene rings is 2. The van der Waals surface area contributed by atoms with Crippen molar-refractivity contribution in [3.8, 4) is 11.6 Å². The highest BCUT2D eigenvalue weighted by molar-refractivity contribution is 9.10. The summed E-state index contributed by atoms with van der Waals surface area (Å²) in [5.74, 6) is 1.12. The van der Waals surface area contributed by atoms with Crippen molar-refractivity contribution in [3.05, 3.63) is 70.5 Å². The molecule has 114 valence electrons. The Hall–Kier alpha value is -2.40. The summed E-state index contributed by atoms with van der Waals surface area (Å²) in [6.07, 6.45) is 0. The Balaban J connectivity index is 1.87. The van der Waals surface area contributed by atoms with Gasteiger partial charge in [0.15, 0.2) is 0 Å². The van der Waals surface area contributed by atoms with Crippen molar-refractivity contribution in [2.75, 3.05) is 0 Å². The molecule has 5 heteroatoms. The van der Waals surface area contributed by atoms with Crippen LogP contribution in [-0.2, 0) is 6.54 Å². The number of halogens is 1. The molecule has 23 heavy (non-hydrogen) atoms. The van der Waals surface area contributed by atoms with Gasteiger partial charge >= 0.3 is 0 Å². The minimum atomic E-state index is 0.552. The fourth-order valence-electron chi connectivity index (χ4n) is 2.73. The van der Waals surface area contributed by atoms with Crippen LogP contribution in [0.25, 0.3) is 22.5 Å². The number of hydrogen-bond donors (Lipinski definition) is 0. The molecule has 0 N–H and O–H groups in total. The minimum Gasteiger partial charge on any atom is -0.420 e. The summed E-state index contributed by atoms with van der Waals surface area (Å²) in [5, 5.41) is 9.30. The molecule has 2 aromatic heterocycles. The number of aryl methyl sites for hydroxylation is 1. The maximum atomic E-state index is 5.65. The smallest absolute Gasteiger partial charge is 0.264 e. The van der Waals surface area contributed by atoms with E-state index in [0.29, 0.717) is 11.8 Å². The summed E-state index contributed by atoms with van der Waals surface area (Å²) < 4.78 is 8.94. The van der Waals surface area contributed by atoms with Gasteiger partial charge < -0.3 is 8.98 Å². The fourth-order valence-corrected chi connectivity index (χ4v) is 2.99. The second-order valence-electron chi connectivity index (χ2n) is 5.43. The number of nitrogens with zero attached hydrogens (tertiary/aromatic N) is 3. The van der Waals surface area contributed by atoms with E-state index >= 15 is 0 Å². The highest BCUT2D eigenvalue weighted by atomic mass is 79.9. The van der Waals surface area contributed by atoms with E-state index in [-0.39, 0.29) is 0 Å². The molecule has 2 heterocycles. The van der Waals surface area contributed by atoms with Crippen LogP contribution in [0.3, 0.4) is 0 Å².